The number of rotatable bonds is 2. The van der Waals surface area contributed by atoms with Gasteiger partial charge in [0.2, 0.25) is 0 Å². The van der Waals surface area contributed by atoms with Crippen LogP contribution in [-0.4, -0.2) is 68.2 Å². The molecule has 3 aliphatic rings. The fourth-order valence-electron chi connectivity index (χ4n) is 4.12. The number of benzene rings is 1. The zero-order valence-corrected chi connectivity index (χ0v) is 17.0. The third kappa shape index (κ3) is 4.18. The maximum atomic E-state index is 12.7. The van der Waals surface area contributed by atoms with Crippen molar-refractivity contribution in [3.05, 3.63) is 35.9 Å². The first-order chi connectivity index (χ1) is 13.4. The van der Waals surface area contributed by atoms with E-state index >= 15 is 0 Å². The van der Waals surface area contributed by atoms with Gasteiger partial charge in [-0.05, 0) is 50.5 Å². The molecule has 3 aliphatic heterocycles. The van der Waals surface area contributed by atoms with Gasteiger partial charge in [0, 0.05) is 18.8 Å². The van der Waals surface area contributed by atoms with E-state index < -0.39 is 5.60 Å². The molecule has 6 heteroatoms. The molecule has 0 aliphatic carbocycles. The smallest absolute Gasteiger partial charge is 0.411 e. The van der Waals surface area contributed by atoms with E-state index in [1.54, 1.807) is 0 Å². The first-order valence-electron chi connectivity index (χ1n) is 10.1. The van der Waals surface area contributed by atoms with Gasteiger partial charge in [-0.15, -0.1) is 0 Å². The highest BCUT2D eigenvalue weighted by Gasteiger charge is 2.40. The molecule has 0 N–H and O–H groups in total. The Morgan fingerprint density at radius 2 is 1.79 bits per heavy atom. The van der Waals surface area contributed by atoms with Crippen LogP contribution >= 0.6 is 0 Å². The Kier molecular flexibility index (Phi) is 5.34. The molecule has 0 radical (unpaired) electrons. The molecule has 152 valence electrons. The first-order valence-corrected chi connectivity index (χ1v) is 10.1. The molecule has 4 rings (SSSR count). The van der Waals surface area contributed by atoms with Crippen LogP contribution in [0.15, 0.2) is 30.3 Å². The molecule has 0 saturated carbocycles. The highest BCUT2D eigenvalue weighted by Crippen LogP contribution is 2.34. The number of hydrogen-bond acceptors (Lipinski definition) is 5. The summed E-state index contributed by atoms with van der Waals surface area (Å²) in [6.07, 6.45) is 2.71. The second-order valence-electron chi connectivity index (χ2n) is 8.69. The Morgan fingerprint density at radius 1 is 1.07 bits per heavy atom. The molecule has 1 aromatic rings. The zero-order valence-electron chi connectivity index (χ0n) is 17.0. The van der Waals surface area contributed by atoms with Gasteiger partial charge >= 0.3 is 6.09 Å². The van der Waals surface area contributed by atoms with E-state index in [1.807, 2.05) is 25.7 Å². The van der Waals surface area contributed by atoms with Crippen LogP contribution in [0.3, 0.4) is 0 Å². The topological polar surface area (TPSA) is 51.2 Å². The number of carbonyl (C=O) groups is 1. The predicted molar refractivity (Wildman–Crippen MR) is 109 cm³/mol. The van der Waals surface area contributed by atoms with Crippen molar-refractivity contribution in [1.29, 1.82) is 0 Å². The molecule has 2 atom stereocenters. The Labute approximate surface area is 167 Å². The van der Waals surface area contributed by atoms with E-state index in [2.05, 4.69) is 35.2 Å². The molecular formula is C22H30N2O4. The first kappa shape index (κ1) is 19.3. The number of fused-ring (bicyclic) bond motifs is 2. The van der Waals surface area contributed by atoms with Crippen molar-refractivity contribution >= 4 is 17.4 Å². The molecule has 3 heterocycles. The minimum Gasteiger partial charge on any atom is -0.444 e. The van der Waals surface area contributed by atoms with Crippen molar-refractivity contribution in [3.63, 3.8) is 0 Å². The minimum absolute atomic E-state index is 0.0209. The van der Waals surface area contributed by atoms with Crippen molar-refractivity contribution < 1.29 is 19.0 Å². The molecule has 28 heavy (non-hydrogen) atoms. The number of carbonyl (C=O) groups excluding carboxylic acids is 1. The summed E-state index contributed by atoms with van der Waals surface area (Å²) in [5.74, 6) is 0. The van der Waals surface area contributed by atoms with Crippen molar-refractivity contribution in [3.8, 4) is 0 Å². The molecule has 2 saturated heterocycles. The Balaban J connectivity index is 1.51. The number of morpholine rings is 2. The molecule has 6 nitrogen and oxygen atoms in total. The zero-order chi connectivity index (χ0) is 19.7. The lowest BCUT2D eigenvalue weighted by atomic mass is 9.90. The van der Waals surface area contributed by atoms with Gasteiger partial charge in [-0.25, -0.2) is 4.79 Å². The largest absolute Gasteiger partial charge is 0.444 e. The fourth-order valence-corrected chi connectivity index (χ4v) is 4.12. The monoisotopic (exact) mass is 386 g/mol. The lowest BCUT2D eigenvalue weighted by molar-refractivity contribution is -0.0510. The van der Waals surface area contributed by atoms with Crippen molar-refractivity contribution in [2.75, 3.05) is 44.4 Å². The summed E-state index contributed by atoms with van der Waals surface area (Å²) in [4.78, 5) is 16.9. The quantitative estimate of drug-likeness (QED) is 0.781. The normalized spacial score (nSPS) is 25.3. The van der Waals surface area contributed by atoms with Gasteiger partial charge in [0.25, 0.3) is 0 Å². The van der Waals surface area contributed by atoms with Crippen LogP contribution in [-0.2, 0) is 14.2 Å². The fraction of sp³-hybridized carbons (Fsp3) is 0.591. The third-order valence-corrected chi connectivity index (χ3v) is 5.42. The van der Waals surface area contributed by atoms with Crippen LogP contribution in [0, 0.1) is 0 Å². The SMILES string of the molecule is CC(C)(C)OC(=O)N1C2C=C(c3ccc(N4CCOCC4)cc3)CC1COC2. The second kappa shape index (κ2) is 7.76. The van der Waals surface area contributed by atoms with E-state index in [-0.39, 0.29) is 18.2 Å². The maximum Gasteiger partial charge on any atom is 0.411 e. The van der Waals surface area contributed by atoms with E-state index in [0.29, 0.717) is 13.2 Å². The molecular weight excluding hydrogens is 356 g/mol. The summed E-state index contributed by atoms with van der Waals surface area (Å²) in [5, 5.41) is 0. The Bertz CT molecular complexity index is 732. The van der Waals surface area contributed by atoms with Gasteiger partial charge in [0.15, 0.2) is 0 Å². The predicted octanol–water partition coefficient (Wildman–Crippen LogP) is 3.31. The molecule has 1 aromatic carbocycles. The minimum atomic E-state index is -0.494. The molecule has 1 amide bonds. The van der Waals surface area contributed by atoms with Crippen molar-refractivity contribution in [2.45, 2.75) is 44.9 Å². The summed E-state index contributed by atoms with van der Waals surface area (Å²) in [6, 6.07) is 8.71. The van der Waals surface area contributed by atoms with Crippen LogP contribution in [0.4, 0.5) is 10.5 Å². The Morgan fingerprint density at radius 3 is 2.43 bits per heavy atom. The molecule has 2 bridgehead atoms. The lowest BCUT2D eigenvalue weighted by Crippen LogP contribution is -2.57. The average molecular weight is 386 g/mol. The second-order valence-corrected chi connectivity index (χ2v) is 8.69. The highest BCUT2D eigenvalue weighted by molar-refractivity contribution is 5.75. The summed E-state index contributed by atoms with van der Waals surface area (Å²) in [6.45, 7) is 10.2. The van der Waals surface area contributed by atoms with Gasteiger partial charge in [-0.1, -0.05) is 18.2 Å². The number of nitrogens with zero attached hydrogens (tertiary/aromatic N) is 2. The molecule has 2 fully saturated rings. The lowest BCUT2D eigenvalue weighted by Gasteiger charge is -2.44. The van der Waals surface area contributed by atoms with E-state index in [9.17, 15) is 4.79 Å². The summed E-state index contributed by atoms with van der Waals surface area (Å²) in [5.41, 5.74) is 3.25. The van der Waals surface area contributed by atoms with Crippen LogP contribution in [0.1, 0.15) is 32.8 Å². The molecule has 2 unspecified atom stereocenters. The van der Waals surface area contributed by atoms with Gasteiger partial charge < -0.3 is 19.1 Å². The van der Waals surface area contributed by atoms with E-state index in [0.717, 1.165) is 32.7 Å². The number of amides is 1. The van der Waals surface area contributed by atoms with Crippen LogP contribution in [0.25, 0.3) is 5.57 Å². The third-order valence-electron chi connectivity index (χ3n) is 5.42. The number of ether oxygens (including phenoxy) is 3. The van der Waals surface area contributed by atoms with Gasteiger partial charge in [0.05, 0.1) is 38.5 Å². The van der Waals surface area contributed by atoms with Gasteiger partial charge in [0.1, 0.15) is 5.60 Å². The van der Waals surface area contributed by atoms with Crippen LogP contribution in [0.2, 0.25) is 0 Å². The number of hydrogen-bond donors (Lipinski definition) is 0. The summed E-state index contributed by atoms with van der Waals surface area (Å²) < 4.78 is 16.8. The van der Waals surface area contributed by atoms with Crippen LogP contribution in [0.5, 0.6) is 0 Å². The summed E-state index contributed by atoms with van der Waals surface area (Å²) in [7, 11) is 0. The maximum absolute atomic E-state index is 12.7. The molecule has 0 spiro atoms. The van der Waals surface area contributed by atoms with Crippen molar-refractivity contribution in [1.82, 2.24) is 4.90 Å². The van der Waals surface area contributed by atoms with Crippen LogP contribution < -0.4 is 4.90 Å². The van der Waals surface area contributed by atoms with Gasteiger partial charge in [-0.2, -0.15) is 0 Å². The Hall–Kier alpha value is -2.05. The highest BCUT2D eigenvalue weighted by atomic mass is 16.6. The molecule has 0 aromatic heterocycles. The number of anilines is 1. The summed E-state index contributed by atoms with van der Waals surface area (Å²) >= 11 is 0. The van der Waals surface area contributed by atoms with Crippen molar-refractivity contribution in [2.24, 2.45) is 0 Å². The van der Waals surface area contributed by atoms with Gasteiger partial charge in [-0.3, -0.25) is 4.90 Å². The average Bonchev–Trinajstić information content (AvgIpc) is 2.66. The van der Waals surface area contributed by atoms with E-state index in [1.165, 1.54) is 16.8 Å². The van der Waals surface area contributed by atoms with E-state index in [4.69, 9.17) is 14.2 Å². The standard InChI is InChI=1S/C22H30N2O4/c1-22(2,3)28-21(25)24-19-12-17(13-20(24)15-27-14-19)16-4-6-18(7-5-16)23-8-10-26-11-9-23/h4-7,12,19-20H,8-11,13-15H2,1-3H3.